The van der Waals surface area contributed by atoms with Gasteiger partial charge in [-0.3, -0.25) is 9.58 Å². The Hall–Kier alpha value is -1.56. The van der Waals surface area contributed by atoms with Gasteiger partial charge >= 0.3 is 17.1 Å². The standard InChI is InChI=1S/C17H21N2O.C12H16N3.Fe/c1-20-17-9-5-4-8-16(17)19-12-10-18(11-13-19)14-15-6-2-3-7-15;1-2-3-6-9-15-10-12(13-14-15)11-7-4-5-8-11;/h2-9H,10-14H2,1H3;4-5,7-8,10H,2-3,6,9H2,1H3;/q;;+2. The number of aromatic nitrogens is 3. The first-order chi connectivity index (χ1) is 17.3. The van der Waals surface area contributed by atoms with Crippen LogP contribution < -0.4 is 9.64 Å². The van der Waals surface area contributed by atoms with Crippen molar-refractivity contribution in [3.8, 4) is 5.75 Å². The largest absolute Gasteiger partial charge is 2.00 e. The SMILES string of the molecule is CCCCCn1cc([C]2[CH][CH][CH][CH]2)nn1.COc1ccccc1N1CCN(C[C]2[CH][CH][CH][CH]2)CC1.[Fe+2]. The van der Waals surface area contributed by atoms with Crippen molar-refractivity contribution in [1.29, 1.82) is 0 Å². The number of nitrogens with zero attached hydrogens (tertiary/aromatic N) is 5. The molecule has 7 heteroatoms. The smallest absolute Gasteiger partial charge is 0.495 e. The van der Waals surface area contributed by atoms with Crippen LogP contribution in [-0.4, -0.2) is 59.7 Å². The maximum Gasteiger partial charge on any atom is 2.00 e. The van der Waals surface area contributed by atoms with Crippen LogP contribution in [0.3, 0.4) is 0 Å². The molecule has 1 aromatic carbocycles. The third-order valence-electron chi connectivity index (χ3n) is 6.42. The fourth-order valence-electron chi connectivity index (χ4n) is 4.42. The fourth-order valence-corrected chi connectivity index (χ4v) is 4.42. The molecule has 3 fully saturated rings. The molecule has 0 unspecified atom stereocenters. The number of para-hydroxylation sites is 2. The van der Waals surface area contributed by atoms with Crippen LogP contribution in [-0.2, 0) is 23.6 Å². The van der Waals surface area contributed by atoms with Crippen molar-refractivity contribution in [2.24, 2.45) is 0 Å². The van der Waals surface area contributed by atoms with Crippen molar-refractivity contribution in [2.75, 3.05) is 44.7 Å². The van der Waals surface area contributed by atoms with Gasteiger partial charge in [0.2, 0.25) is 0 Å². The molecule has 0 N–H and O–H groups in total. The topological polar surface area (TPSA) is 46.4 Å². The van der Waals surface area contributed by atoms with Crippen molar-refractivity contribution >= 4 is 5.69 Å². The number of hydrogen-bond donors (Lipinski definition) is 0. The van der Waals surface area contributed by atoms with Crippen LogP contribution in [0.25, 0.3) is 0 Å². The summed E-state index contributed by atoms with van der Waals surface area (Å²) in [6, 6.07) is 8.28. The van der Waals surface area contributed by atoms with E-state index in [1.807, 2.05) is 35.9 Å². The summed E-state index contributed by atoms with van der Waals surface area (Å²) in [6.45, 7) is 8.56. The van der Waals surface area contributed by atoms with E-state index >= 15 is 0 Å². The van der Waals surface area contributed by atoms with E-state index in [9.17, 15) is 0 Å². The van der Waals surface area contributed by atoms with Crippen molar-refractivity contribution in [2.45, 2.75) is 32.7 Å². The van der Waals surface area contributed by atoms with E-state index in [-0.39, 0.29) is 17.1 Å². The van der Waals surface area contributed by atoms with Crippen molar-refractivity contribution < 1.29 is 21.8 Å². The maximum atomic E-state index is 5.46. The van der Waals surface area contributed by atoms with Crippen molar-refractivity contribution in [3.05, 3.63) is 99.4 Å². The van der Waals surface area contributed by atoms with Gasteiger partial charge in [-0.1, -0.05) is 37.1 Å². The Kier molecular flexibility index (Phi) is 12.6. The zero-order chi connectivity index (χ0) is 24.3. The number of methoxy groups -OCH3 is 1. The van der Waals surface area contributed by atoms with E-state index in [0.29, 0.717) is 0 Å². The van der Waals surface area contributed by atoms with Gasteiger partial charge in [-0.15, -0.1) is 5.10 Å². The number of aryl methyl sites for hydroxylation is 1. The number of hydrogen-bond acceptors (Lipinski definition) is 5. The summed E-state index contributed by atoms with van der Waals surface area (Å²) in [5.41, 5.74) is 2.18. The molecule has 2 heterocycles. The summed E-state index contributed by atoms with van der Waals surface area (Å²) in [5, 5.41) is 8.26. The summed E-state index contributed by atoms with van der Waals surface area (Å²) in [7, 11) is 1.74. The molecule has 1 aromatic heterocycles. The molecule has 1 aliphatic heterocycles. The second-order valence-corrected chi connectivity index (χ2v) is 8.98. The molecular weight excluding hydrogens is 490 g/mol. The Morgan fingerprint density at radius 3 is 2.28 bits per heavy atom. The molecule has 36 heavy (non-hydrogen) atoms. The predicted octanol–water partition coefficient (Wildman–Crippen LogP) is 4.44. The summed E-state index contributed by atoms with van der Waals surface area (Å²) in [6.07, 6.45) is 22.5. The van der Waals surface area contributed by atoms with Crippen molar-refractivity contribution in [1.82, 2.24) is 19.9 Å². The van der Waals surface area contributed by atoms with E-state index < -0.39 is 0 Å². The van der Waals surface area contributed by atoms with Gasteiger partial charge in [0.15, 0.2) is 0 Å². The first-order valence-corrected chi connectivity index (χ1v) is 12.7. The number of piperazine rings is 1. The number of rotatable bonds is 9. The van der Waals surface area contributed by atoms with E-state index in [1.54, 1.807) is 7.11 Å². The second kappa shape index (κ2) is 15.6. The molecular formula is C29H37FeN5O+2. The van der Waals surface area contributed by atoms with Crippen LogP contribution in [0.1, 0.15) is 31.9 Å². The van der Waals surface area contributed by atoms with Crippen LogP contribution in [0.4, 0.5) is 5.69 Å². The average molecular weight is 527 g/mol. The first kappa shape index (κ1) is 29.0. The maximum absolute atomic E-state index is 5.46. The summed E-state index contributed by atoms with van der Waals surface area (Å²) in [4.78, 5) is 4.93. The third kappa shape index (κ3) is 8.49. The number of anilines is 1. The Bertz CT molecular complexity index is 855. The summed E-state index contributed by atoms with van der Waals surface area (Å²) in [5.74, 6) is 3.53. The molecule has 190 valence electrons. The molecule has 10 radical (unpaired) electrons. The molecule has 0 amide bonds. The normalized spacial score (nSPS) is 19.1. The predicted molar refractivity (Wildman–Crippen MR) is 141 cm³/mol. The molecule has 0 atom stereocenters. The van der Waals surface area contributed by atoms with Gasteiger partial charge < -0.3 is 9.64 Å². The van der Waals surface area contributed by atoms with Gasteiger partial charge in [-0.25, -0.2) is 0 Å². The zero-order valence-corrected chi connectivity index (χ0v) is 22.5. The quantitative estimate of drug-likeness (QED) is 0.357. The third-order valence-corrected chi connectivity index (χ3v) is 6.42. The minimum Gasteiger partial charge on any atom is -0.495 e. The van der Waals surface area contributed by atoms with Gasteiger partial charge in [-0.05, 0) is 75.8 Å². The monoisotopic (exact) mass is 527 g/mol. The van der Waals surface area contributed by atoms with Gasteiger partial charge in [0.1, 0.15) is 5.75 Å². The van der Waals surface area contributed by atoms with E-state index in [2.05, 4.69) is 77.7 Å². The molecule has 6 nitrogen and oxygen atoms in total. The van der Waals surface area contributed by atoms with E-state index in [0.717, 1.165) is 56.6 Å². The molecule has 0 spiro atoms. The van der Waals surface area contributed by atoms with Gasteiger partial charge in [0, 0.05) is 51.4 Å². The van der Waals surface area contributed by atoms with Crippen molar-refractivity contribution in [3.63, 3.8) is 0 Å². The minimum absolute atomic E-state index is 0. The Labute approximate surface area is 229 Å². The van der Waals surface area contributed by atoms with Crippen LogP contribution >= 0.6 is 0 Å². The average Bonchev–Trinajstić information content (AvgIpc) is 3.68. The van der Waals surface area contributed by atoms with Crippen LogP contribution in [0, 0.1) is 63.2 Å². The van der Waals surface area contributed by atoms with Gasteiger partial charge in [0.05, 0.1) is 18.5 Å². The van der Waals surface area contributed by atoms with Crippen LogP contribution in [0.2, 0.25) is 0 Å². The Morgan fingerprint density at radius 1 is 0.889 bits per heavy atom. The molecule has 2 aliphatic carbocycles. The number of ether oxygens (including phenoxy) is 1. The van der Waals surface area contributed by atoms with Gasteiger partial charge in [-0.2, -0.15) is 0 Å². The number of benzene rings is 1. The summed E-state index contributed by atoms with van der Waals surface area (Å²) < 4.78 is 7.38. The minimum atomic E-state index is 0. The van der Waals surface area contributed by atoms with E-state index in [1.165, 1.54) is 30.9 Å². The molecule has 5 rings (SSSR count). The Balaban J connectivity index is 0.000000203. The zero-order valence-electron chi connectivity index (χ0n) is 21.4. The first-order valence-electron chi connectivity index (χ1n) is 12.7. The second-order valence-electron chi connectivity index (χ2n) is 8.98. The summed E-state index contributed by atoms with van der Waals surface area (Å²) >= 11 is 0. The molecule has 1 saturated heterocycles. The fraction of sp³-hybridized carbons (Fsp3) is 0.379. The van der Waals surface area contributed by atoms with Gasteiger partial charge in [0.25, 0.3) is 0 Å². The molecule has 0 bridgehead atoms. The van der Waals surface area contributed by atoms with Crippen LogP contribution in [0.15, 0.2) is 30.5 Å². The molecule has 2 saturated carbocycles. The number of unbranched alkanes of at least 4 members (excludes halogenated alkanes) is 2. The molecule has 3 aliphatic rings. The molecule has 2 aromatic rings. The van der Waals surface area contributed by atoms with Crippen LogP contribution in [0.5, 0.6) is 5.75 Å². The Morgan fingerprint density at radius 2 is 1.58 bits per heavy atom. The van der Waals surface area contributed by atoms with E-state index in [4.69, 9.17) is 4.74 Å².